The summed E-state index contributed by atoms with van der Waals surface area (Å²) in [5.74, 6) is 0.121. The number of halogens is 1. The van der Waals surface area contributed by atoms with E-state index in [9.17, 15) is 14.0 Å². The molecule has 2 aromatic carbocycles. The zero-order valence-corrected chi connectivity index (χ0v) is 19.9. The summed E-state index contributed by atoms with van der Waals surface area (Å²) in [7, 11) is 1.59. The molecular weight excluding hydrogens is 451 g/mol. The van der Waals surface area contributed by atoms with Crippen LogP contribution in [0.4, 0.5) is 4.39 Å². The third-order valence-electron chi connectivity index (χ3n) is 6.21. The van der Waals surface area contributed by atoms with Crippen LogP contribution in [0, 0.1) is 5.82 Å². The highest BCUT2D eigenvalue weighted by molar-refractivity contribution is 5.87. The molecule has 0 unspecified atom stereocenters. The van der Waals surface area contributed by atoms with E-state index in [4.69, 9.17) is 4.74 Å². The van der Waals surface area contributed by atoms with E-state index in [-0.39, 0.29) is 42.6 Å². The summed E-state index contributed by atoms with van der Waals surface area (Å²) in [6, 6.07) is 12.5. The number of nitrogens with one attached hydrogen (secondary N) is 1. The van der Waals surface area contributed by atoms with Crippen LogP contribution >= 0.6 is 0 Å². The molecule has 0 saturated heterocycles. The average Bonchev–Trinajstić information content (AvgIpc) is 3.55. The second-order valence-electron chi connectivity index (χ2n) is 8.69. The number of carbonyl (C=O) groups is 2. The number of carbonyl (C=O) groups excluding carboxylic acids is 2. The lowest BCUT2D eigenvalue weighted by atomic mass is 10.1. The van der Waals surface area contributed by atoms with Gasteiger partial charge in [-0.2, -0.15) is 4.80 Å². The predicted octanol–water partition coefficient (Wildman–Crippen LogP) is 2.96. The van der Waals surface area contributed by atoms with E-state index in [2.05, 4.69) is 20.7 Å². The van der Waals surface area contributed by atoms with E-state index in [1.54, 1.807) is 26.2 Å². The highest BCUT2D eigenvalue weighted by atomic mass is 19.1. The minimum absolute atomic E-state index is 0.151. The molecule has 9 nitrogen and oxygen atoms in total. The molecule has 1 aliphatic carbocycles. The number of methoxy groups -OCH3 is 1. The minimum Gasteiger partial charge on any atom is -0.497 e. The minimum atomic E-state index is -0.690. The van der Waals surface area contributed by atoms with Gasteiger partial charge in [0.25, 0.3) is 0 Å². The molecule has 1 aromatic heterocycles. The number of aromatic nitrogens is 4. The summed E-state index contributed by atoms with van der Waals surface area (Å²) < 4.78 is 18.4. The Morgan fingerprint density at radius 2 is 1.83 bits per heavy atom. The number of amides is 2. The molecule has 2 amide bonds. The lowest BCUT2D eigenvalue weighted by Gasteiger charge is -2.29. The van der Waals surface area contributed by atoms with Crippen LogP contribution in [0.1, 0.15) is 38.2 Å². The third-order valence-corrected chi connectivity index (χ3v) is 6.21. The van der Waals surface area contributed by atoms with Crippen molar-refractivity contribution < 1.29 is 18.7 Å². The number of tetrazole rings is 1. The van der Waals surface area contributed by atoms with Crippen molar-refractivity contribution in [2.45, 2.75) is 57.8 Å². The van der Waals surface area contributed by atoms with Gasteiger partial charge in [0.05, 0.1) is 7.11 Å². The molecule has 0 aliphatic heterocycles. The van der Waals surface area contributed by atoms with Gasteiger partial charge in [0.1, 0.15) is 24.2 Å². The first-order chi connectivity index (χ1) is 16.9. The van der Waals surface area contributed by atoms with Gasteiger partial charge in [0.15, 0.2) is 0 Å². The summed E-state index contributed by atoms with van der Waals surface area (Å²) in [5.41, 5.74) is 1.45. The lowest BCUT2D eigenvalue weighted by molar-refractivity contribution is -0.141. The summed E-state index contributed by atoms with van der Waals surface area (Å²) >= 11 is 0. The summed E-state index contributed by atoms with van der Waals surface area (Å²) in [6.07, 6.45) is 4.12. The third kappa shape index (κ3) is 6.20. The number of benzene rings is 2. The molecule has 4 rings (SSSR count). The van der Waals surface area contributed by atoms with Crippen molar-refractivity contribution in [2.75, 3.05) is 7.11 Å². The van der Waals surface area contributed by atoms with Gasteiger partial charge in [0, 0.05) is 18.2 Å². The molecule has 1 fully saturated rings. The number of nitrogens with zero attached hydrogens (tertiary/aromatic N) is 5. The number of rotatable bonds is 9. The van der Waals surface area contributed by atoms with Crippen LogP contribution in [-0.2, 0) is 22.7 Å². The van der Waals surface area contributed by atoms with E-state index in [0.717, 1.165) is 31.2 Å². The lowest BCUT2D eigenvalue weighted by Crippen LogP contribution is -2.50. The van der Waals surface area contributed by atoms with Crippen LogP contribution in [0.5, 0.6) is 5.75 Å². The number of hydrogen-bond acceptors (Lipinski definition) is 6. The first-order valence-corrected chi connectivity index (χ1v) is 11.7. The first-order valence-electron chi connectivity index (χ1n) is 11.7. The predicted molar refractivity (Wildman–Crippen MR) is 127 cm³/mol. The van der Waals surface area contributed by atoms with Crippen LogP contribution in [-0.4, -0.2) is 56.1 Å². The molecule has 1 atom stereocenters. The standard InChI is InChI=1S/C25H29FN6O3/c1-17(25(34)27-21-5-3-4-6-21)31(15-18-7-13-22(35-2)14-8-18)23(33)16-32-29-24(28-30-32)19-9-11-20(26)12-10-19/h7-14,17,21H,3-6,15-16H2,1-2H3,(H,27,34)/t17-/m1/s1. The quantitative estimate of drug-likeness (QED) is 0.505. The molecule has 0 spiro atoms. The second-order valence-corrected chi connectivity index (χ2v) is 8.69. The van der Waals surface area contributed by atoms with Crippen molar-refractivity contribution in [2.24, 2.45) is 0 Å². The van der Waals surface area contributed by atoms with Gasteiger partial charge >= 0.3 is 0 Å². The molecule has 0 radical (unpaired) electrons. The molecule has 1 saturated carbocycles. The van der Waals surface area contributed by atoms with E-state index in [1.807, 2.05) is 24.3 Å². The molecule has 10 heteroatoms. The molecule has 1 heterocycles. The van der Waals surface area contributed by atoms with Gasteiger partial charge in [-0.1, -0.05) is 25.0 Å². The van der Waals surface area contributed by atoms with Crippen LogP contribution in [0.15, 0.2) is 48.5 Å². The monoisotopic (exact) mass is 480 g/mol. The molecule has 3 aromatic rings. The van der Waals surface area contributed by atoms with Crippen molar-refractivity contribution in [1.82, 2.24) is 30.4 Å². The van der Waals surface area contributed by atoms with Gasteiger partial charge in [0.2, 0.25) is 17.6 Å². The van der Waals surface area contributed by atoms with E-state index < -0.39 is 6.04 Å². The molecule has 1 aliphatic rings. The van der Waals surface area contributed by atoms with E-state index in [0.29, 0.717) is 11.3 Å². The Labute approximate surface area is 203 Å². The Bertz CT molecular complexity index is 1140. The van der Waals surface area contributed by atoms with Crippen LogP contribution in [0.3, 0.4) is 0 Å². The zero-order valence-electron chi connectivity index (χ0n) is 19.9. The molecule has 0 bridgehead atoms. The van der Waals surface area contributed by atoms with Crippen molar-refractivity contribution in [3.05, 3.63) is 59.9 Å². The fraction of sp³-hybridized carbons (Fsp3) is 0.400. The van der Waals surface area contributed by atoms with E-state index in [1.165, 1.54) is 21.8 Å². The highest BCUT2D eigenvalue weighted by Crippen LogP contribution is 2.19. The zero-order chi connectivity index (χ0) is 24.8. The van der Waals surface area contributed by atoms with Gasteiger partial charge in [-0.25, -0.2) is 4.39 Å². The SMILES string of the molecule is COc1ccc(CN(C(=O)Cn2nnc(-c3ccc(F)cc3)n2)[C@H](C)C(=O)NC2CCCC2)cc1. The number of hydrogen-bond donors (Lipinski definition) is 1. The van der Waals surface area contributed by atoms with Crippen molar-refractivity contribution >= 4 is 11.8 Å². The maximum atomic E-state index is 13.4. The molecule has 184 valence electrons. The normalized spacial score (nSPS) is 14.5. The average molecular weight is 481 g/mol. The maximum absolute atomic E-state index is 13.4. The fourth-order valence-corrected chi connectivity index (χ4v) is 4.14. The Balaban J connectivity index is 1.50. The Hall–Kier alpha value is -3.82. The fourth-order valence-electron chi connectivity index (χ4n) is 4.14. The summed E-state index contributed by atoms with van der Waals surface area (Å²) in [6.45, 7) is 1.78. The first kappa shape index (κ1) is 24.3. The van der Waals surface area contributed by atoms with Crippen molar-refractivity contribution in [3.8, 4) is 17.1 Å². The summed E-state index contributed by atoms with van der Waals surface area (Å²) in [4.78, 5) is 29.1. The smallest absolute Gasteiger partial charge is 0.247 e. The second kappa shape index (κ2) is 11.1. The Kier molecular flexibility index (Phi) is 7.69. The molecule has 35 heavy (non-hydrogen) atoms. The van der Waals surface area contributed by atoms with E-state index >= 15 is 0 Å². The van der Waals surface area contributed by atoms with Crippen LogP contribution in [0.25, 0.3) is 11.4 Å². The number of ether oxygens (including phenoxy) is 1. The van der Waals surface area contributed by atoms with Gasteiger partial charge in [-0.15, -0.1) is 10.2 Å². The molecular formula is C25H29FN6O3. The maximum Gasteiger partial charge on any atom is 0.247 e. The highest BCUT2D eigenvalue weighted by Gasteiger charge is 2.29. The Morgan fingerprint density at radius 3 is 2.49 bits per heavy atom. The Morgan fingerprint density at radius 1 is 1.14 bits per heavy atom. The van der Waals surface area contributed by atoms with Crippen molar-refractivity contribution in [3.63, 3.8) is 0 Å². The van der Waals surface area contributed by atoms with Crippen LogP contribution in [0.2, 0.25) is 0 Å². The molecule has 1 N–H and O–H groups in total. The van der Waals surface area contributed by atoms with Gasteiger partial charge in [-0.05, 0) is 66.9 Å². The summed E-state index contributed by atoms with van der Waals surface area (Å²) in [5, 5.41) is 15.3. The van der Waals surface area contributed by atoms with Gasteiger partial charge in [-0.3, -0.25) is 9.59 Å². The van der Waals surface area contributed by atoms with Gasteiger partial charge < -0.3 is 15.0 Å². The van der Waals surface area contributed by atoms with Crippen LogP contribution < -0.4 is 10.1 Å². The topological polar surface area (TPSA) is 102 Å². The van der Waals surface area contributed by atoms with Crippen molar-refractivity contribution in [1.29, 1.82) is 0 Å². The largest absolute Gasteiger partial charge is 0.497 e.